The molecular weight excluding hydrogens is 266 g/mol. The topological polar surface area (TPSA) is 51.5 Å². The van der Waals surface area contributed by atoms with Crippen LogP contribution in [0.25, 0.3) is 11.3 Å². The van der Waals surface area contributed by atoms with E-state index >= 15 is 0 Å². The van der Waals surface area contributed by atoms with Crippen molar-refractivity contribution in [2.75, 3.05) is 6.54 Å². The van der Waals surface area contributed by atoms with Crippen molar-refractivity contribution in [3.63, 3.8) is 0 Å². The molecule has 0 atom stereocenters. The van der Waals surface area contributed by atoms with Crippen molar-refractivity contribution in [3.05, 3.63) is 48.2 Å². The zero-order chi connectivity index (χ0) is 15.3. The van der Waals surface area contributed by atoms with Crippen LogP contribution in [-0.2, 0) is 11.2 Å². The van der Waals surface area contributed by atoms with Crippen LogP contribution in [0.2, 0.25) is 0 Å². The molecule has 1 heterocycles. The number of hydrogen-bond acceptors (Lipinski definition) is 3. The van der Waals surface area contributed by atoms with E-state index in [1.54, 1.807) is 0 Å². The highest BCUT2D eigenvalue weighted by Gasteiger charge is 2.15. The normalized spacial score (nSPS) is 11.2. The molecule has 0 bridgehead atoms. The second kappa shape index (κ2) is 6.48. The van der Waals surface area contributed by atoms with Crippen molar-refractivity contribution < 1.29 is 13.9 Å². The van der Waals surface area contributed by atoms with Gasteiger partial charge in [-0.25, -0.2) is 4.79 Å². The molecule has 2 aromatic rings. The van der Waals surface area contributed by atoms with Gasteiger partial charge in [0.25, 0.3) is 0 Å². The SMILES string of the molecule is CC(C)(C)OC(=O)NCCc1ccc(-c2ccccc2)o1. The molecule has 2 rings (SSSR count). The van der Waals surface area contributed by atoms with Crippen molar-refractivity contribution in [3.8, 4) is 11.3 Å². The average Bonchev–Trinajstić information content (AvgIpc) is 2.86. The summed E-state index contributed by atoms with van der Waals surface area (Å²) in [6.45, 7) is 6.00. The first-order chi connectivity index (χ1) is 9.94. The van der Waals surface area contributed by atoms with E-state index < -0.39 is 11.7 Å². The lowest BCUT2D eigenvalue weighted by molar-refractivity contribution is 0.0528. The quantitative estimate of drug-likeness (QED) is 0.924. The molecule has 0 aliphatic rings. The van der Waals surface area contributed by atoms with Gasteiger partial charge in [0.15, 0.2) is 0 Å². The third-order valence-electron chi connectivity index (χ3n) is 2.76. The van der Waals surface area contributed by atoms with E-state index in [0.717, 1.165) is 17.1 Å². The number of carbonyl (C=O) groups excluding carboxylic acids is 1. The van der Waals surface area contributed by atoms with Crippen LogP contribution in [0.5, 0.6) is 0 Å². The highest BCUT2D eigenvalue weighted by molar-refractivity contribution is 5.67. The van der Waals surface area contributed by atoms with Crippen LogP contribution in [0.3, 0.4) is 0 Å². The lowest BCUT2D eigenvalue weighted by atomic mass is 10.2. The summed E-state index contributed by atoms with van der Waals surface area (Å²) in [5.41, 5.74) is 0.568. The molecule has 0 saturated heterocycles. The smallest absolute Gasteiger partial charge is 0.407 e. The third kappa shape index (κ3) is 4.99. The molecule has 0 aliphatic carbocycles. The number of carbonyl (C=O) groups is 1. The Balaban J connectivity index is 1.83. The summed E-state index contributed by atoms with van der Waals surface area (Å²) in [6, 6.07) is 13.8. The second-order valence-corrected chi connectivity index (χ2v) is 5.81. The maximum atomic E-state index is 11.5. The summed E-state index contributed by atoms with van der Waals surface area (Å²) >= 11 is 0. The zero-order valence-corrected chi connectivity index (χ0v) is 12.7. The van der Waals surface area contributed by atoms with Gasteiger partial charge in [-0.05, 0) is 32.9 Å². The Kier molecular flexibility index (Phi) is 4.68. The van der Waals surface area contributed by atoms with Gasteiger partial charge in [-0.1, -0.05) is 30.3 Å². The number of hydrogen-bond donors (Lipinski definition) is 1. The van der Waals surface area contributed by atoms with Crippen molar-refractivity contribution in [1.82, 2.24) is 5.32 Å². The molecule has 0 aliphatic heterocycles. The fourth-order valence-corrected chi connectivity index (χ4v) is 1.87. The molecule has 0 unspecified atom stereocenters. The molecule has 0 saturated carbocycles. The Bertz CT molecular complexity index is 582. The van der Waals surface area contributed by atoms with Gasteiger partial charge in [-0.2, -0.15) is 0 Å². The van der Waals surface area contributed by atoms with Crippen LogP contribution >= 0.6 is 0 Å². The van der Waals surface area contributed by atoms with Crippen molar-refractivity contribution in [2.45, 2.75) is 32.8 Å². The van der Waals surface area contributed by atoms with Gasteiger partial charge in [-0.3, -0.25) is 0 Å². The third-order valence-corrected chi connectivity index (χ3v) is 2.76. The summed E-state index contributed by atoms with van der Waals surface area (Å²) in [4.78, 5) is 11.5. The number of nitrogens with one attached hydrogen (secondary N) is 1. The summed E-state index contributed by atoms with van der Waals surface area (Å²) in [6.07, 6.45) is 0.226. The van der Waals surface area contributed by atoms with Gasteiger partial charge in [-0.15, -0.1) is 0 Å². The fraction of sp³-hybridized carbons (Fsp3) is 0.353. The number of rotatable bonds is 4. The van der Waals surface area contributed by atoms with Crippen LogP contribution in [0.15, 0.2) is 46.9 Å². The number of benzene rings is 1. The lowest BCUT2D eigenvalue weighted by Crippen LogP contribution is -2.33. The minimum absolute atomic E-state index is 0.405. The molecule has 112 valence electrons. The molecule has 1 amide bonds. The van der Waals surface area contributed by atoms with Crippen molar-refractivity contribution >= 4 is 6.09 Å². The predicted octanol–water partition coefficient (Wildman–Crippen LogP) is 4.01. The van der Waals surface area contributed by atoms with Gasteiger partial charge in [0, 0.05) is 18.5 Å². The van der Waals surface area contributed by atoms with E-state index in [1.165, 1.54) is 0 Å². The minimum atomic E-state index is -0.477. The molecule has 1 N–H and O–H groups in total. The Morgan fingerprint density at radius 1 is 1.14 bits per heavy atom. The highest BCUT2D eigenvalue weighted by atomic mass is 16.6. The van der Waals surface area contributed by atoms with Crippen LogP contribution in [-0.4, -0.2) is 18.2 Å². The summed E-state index contributed by atoms with van der Waals surface area (Å²) in [5.74, 6) is 1.67. The van der Waals surface area contributed by atoms with E-state index in [0.29, 0.717) is 13.0 Å². The van der Waals surface area contributed by atoms with Gasteiger partial charge >= 0.3 is 6.09 Å². The monoisotopic (exact) mass is 287 g/mol. The molecule has 0 fully saturated rings. The molecular formula is C17H21NO3. The molecule has 1 aromatic heterocycles. The van der Waals surface area contributed by atoms with Gasteiger partial charge in [0.2, 0.25) is 0 Å². The van der Waals surface area contributed by atoms with Gasteiger partial charge in [0.1, 0.15) is 17.1 Å². The molecule has 4 heteroatoms. The van der Waals surface area contributed by atoms with E-state index in [1.807, 2.05) is 63.2 Å². The minimum Gasteiger partial charge on any atom is -0.461 e. The van der Waals surface area contributed by atoms with Gasteiger partial charge in [0.05, 0.1) is 0 Å². The molecule has 0 radical (unpaired) electrons. The van der Waals surface area contributed by atoms with E-state index in [9.17, 15) is 4.79 Å². The average molecular weight is 287 g/mol. The summed E-state index contributed by atoms with van der Waals surface area (Å²) in [7, 11) is 0. The Morgan fingerprint density at radius 3 is 2.52 bits per heavy atom. The van der Waals surface area contributed by atoms with E-state index in [4.69, 9.17) is 9.15 Å². The number of ether oxygens (including phenoxy) is 1. The van der Waals surface area contributed by atoms with Crippen molar-refractivity contribution in [1.29, 1.82) is 0 Å². The van der Waals surface area contributed by atoms with Gasteiger partial charge < -0.3 is 14.5 Å². The first-order valence-corrected chi connectivity index (χ1v) is 7.05. The highest BCUT2D eigenvalue weighted by Crippen LogP contribution is 2.21. The molecule has 21 heavy (non-hydrogen) atoms. The standard InChI is InChI=1S/C17H21NO3/c1-17(2,3)21-16(19)18-12-11-14-9-10-15(20-14)13-7-5-4-6-8-13/h4-10H,11-12H2,1-3H3,(H,18,19). The first-order valence-electron chi connectivity index (χ1n) is 7.05. The molecule has 0 spiro atoms. The Morgan fingerprint density at radius 2 is 1.86 bits per heavy atom. The second-order valence-electron chi connectivity index (χ2n) is 5.81. The first kappa shape index (κ1) is 15.2. The summed E-state index contributed by atoms with van der Waals surface area (Å²) in [5, 5.41) is 2.72. The van der Waals surface area contributed by atoms with Crippen LogP contribution < -0.4 is 5.32 Å². The van der Waals surface area contributed by atoms with E-state index in [2.05, 4.69) is 5.32 Å². The maximum absolute atomic E-state index is 11.5. The largest absolute Gasteiger partial charge is 0.461 e. The van der Waals surface area contributed by atoms with Crippen LogP contribution in [0.1, 0.15) is 26.5 Å². The number of alkyl carbamates (subject to hydrolysis) is 1. The van der Waals surface area contributed by atoms with Crippen LogP contribution in [0.4, 0.5) is 4.79 Å². The Labute approximate surface area is 125 Å². The summed E-state index contributed by atoms with van der Waals surface area (Å²) < 4.78 is 10.9. The zero-order valence-electron chi connectivity index (χ0n) is 12.7. The number of furan rings is 1. The fourth-order valence-electron chi connectivity index (χ4n) is 1.87. The van der Waals surface area contributed by atoms with E-state index in [-0.39, 0.29) is 0 Å². The van der Waals surface area contributed by atoms with Crippen LogP contribution in [0, 0.1) is 0 Å². The number of amides is 1. The molecule has 4 nitrogen and oxygen atoms in total. The molecule has 1 aromatic carbocycles. The van der Waals surface area contributed by atoms with Crippen molar-refractivity contribution in [2.24, 2.45) is 0 Å². The predicted molar refractivity (Wildman–Crippen MR) is 82.1 cm³/mol. The lowest BCUT2D eigenvalue weighted by Gasteiger charge is -2.19. The Hall–Kier alpha value is -2.23. The maximum Gasteiger partial charge on any atom is 0.407 e.